The number of likely N-dealkylation sites (tertiary alicyclic amines) is 1. The minimum Gasteiger partial charge on any atom is -0.466 e. The Hall–Kier alpha value is -3.73. The van der Waals surface area contributed by atoms with Crippen LogP contribution in [0.5, 0.6) is 0 Å². The van der Waals surface area contributed by atoms with E-state index in [1.165, 1.54) is 24.3 Å². The first-order valence-electron chi connectivity index (χ1n) is 9.86. The summed E-state index contributed by atoms with van der Waals surface area (Å²) in [5.74, 6) is -1.18. The Bertz CT molecular complexity index is 1100. The highest BCUT2D eigenvalue weighted by molar-refractivity contribution is 6.07. The number of ether oxygens (including phenoxy) is 1. The number of carbonyl (C=O) groups is 3. The van der Waals surface area contributed by atoms with Crippen molar-refractivity contribution >= 4 is 34.8 Å². The van der Waals surface area contributed by atoms with E-state index in [1.54, 1.807) is 30.3 Å². The molecule has 1 N–H and O–H groups in total. The lowest BCUT2D eigenvalue weighted by Crippen LogP contribution is -2.42. The number of methoxy groups -OCH3 is 1. The Balaban J connectivity index is 1.76. The summed E-state index contributed by atoms with van der Waals surface area (Å²) in [4.78, 5) is 42.6. The van der Waals surface area contributed by atoms with E-state index >= 15 is 0 Å². The van der Waals surface area contributed by atoms with Crippen LogP contribution in [0.15, 0.2) is 36.5 Å². The van der Waals surface area contributed by atoms with Crippen molar-refractivity contribution in [3.05, 3.63) is 47.7 Å². The minimum absolute atomic E-state index is 0.129. The molecule has 1 saturated heterocycles. The lowest BCUT2D eigenvalue weighted by atomic mass is 9.91. The second kappa shape index (κ2) is 8.96. The Labute approximate surface area is 180 Å². The molecule has 0 saturated carbocycles. The van der Waals surface area contributed by atoms with Crippen LogP contribution in [0.3, 0.4) is 0 Å². The van der Waals surface area contributed by atoms with Crippen molar-refractivity contribution in [2.75, 3.05) is 20.2 Å². The quantitative estimate of drug-likeness (QED) is 0.587. The van der Waals surface area contributed by atoms with E-state index in [-0.39, 0.29) is 17.9 Å². The zero-order valence-corrected chi connectivity index (χ0v) is 17.7. The van der Waals surface area contributed by atoms with Gasteiger partial charge in [0.1, 0.15) is 6.04 Å². The Kier molecular flexibility index (Phi) is 6.35. The molecular formula is C23H24N4O4. The minimum atomic E-state index is -0.483. The fraction of sp³-hybridized carbons (Fsp3) is 0.348. The second-order valence-corrected chi connectivity index (χ2v) is 8.21. The van der Waals surface area contributed by atoms with Gasteiger partial charge in [0, 0.05) is 24.2 Å². The molecular weight excluding hydrogens is 396 g/mol. The summed E-state index contributed by atoms with van der Waals surface area (Å²) in [5.41, 5.74) is 1.55. The molecule has 1 aliphatic rings. The molecule has 8 heteroatoms. The zero-order chi connectivity index (χ0) is 22.6. The first-order valence-corrected chi connectivity index (χ1v) is 9.86. The van der Waals surface area contributed by atoms with Crippen LogP contribution in [0.2, 0.25) is 0 Å². The number of carbonyl (C=O) groups excluding carboxylic acids is 3. The number of amides is 2. The predicted octanol–water partition coefficient (Wildman–Crippen LogP) is 2.30. The number of hydrogen-bond donors (Lipinski definition) is 1. The summed E-state index contributed by atoms with van der Waals surface area (Å²) in [6, 6.07) is 8.53. The SMILES string of the molecule is COC(=O)/C=C/c1ccc2nccc(C(=O)NCC(=O)N3CC(C)(C)CC3C#N)c2c1. The Morgan fingerprint density at radius 3 is 2.84 bits per heavy atom. The average Bonchev–Trinajstić information content (AvgIpc) is 3.09. The van der Waals surface area contributed by atoms with Crippen molar-refractivity contribution in [1.82, 2.24) is 15.2 Å². The predicted molar refractivity (Wildman–Crippen MR) is 115 cm³/mol. The molecule has 31 heavy (non-hydrogen) atoms. The highest BCUT2D eigenvalue weighted by Gasteiger charge is 2.39. The van der Waals surface area contributed by atoms with E-state index in [1.807, 2.05) is 13.8 Å². The van der Waals surface area contributed by atoms with Gasteiger partial charge in [-0.15, -0.1) is 0 Å². The van der Waals surface area contributed by atoms with Gasteiger partial charge in [-0.3, -0.25) is 14.6 Å². The van der Waals surface area contributed by atoms with Gasteiger partial charge in [0.2, 0.25) is 5.91 Å². The van der Waals surface area contributed by atoms with E-state index in [4.69, 9.17) is 0 Å². The van der Waals surface area contributed by atoms with Crippen molar-refractivity contribution in [1.29, 1.82) is 5.26 Å². The van der Waals surface area contributed by atoms with E-state index in [0.29, 0.717) is 35.0 Å². The number of hydrogen-bond acceptors (Lipinski definition) is 6. The number of fused-ring (bicyclic) bond motifs is 1. The van der Waals surface area contributed by atoms with E-state index in [2.05, 4.69) is 21.1 Å². The number of benzene rings is 1. The molecule has 0 aliphatic carbocycles. The molecule has 0 bridgehead atoms. The summed E-state index contributed by atoms with van der Waals surface area (Å²) >= 11 is 0. The molecule has 1 fully saturated rings. The third-order valence-corrected chi connectivity index (χ3v) is 5.21. The molecule has 1 aliphatic heterocycles. The maximum Gasteiger partial charge on any atom is 0.330 e. The van der Waals surface area contributed by atoms with Crippen molar-refractivity contribution in [3.63, 3.8) is 0 Å². The normalized spacial score (nSPS) is 17.5. The maximum atomic E-state index is 12.8. The van der Waals surface area contributed by atoms with Gasteiger partial charge in [-0.2, -0.15) is 5.26 Å². The third-order valence-electron chi connectivity index (χ3n) is 5.21. The molecule has 8 nitrogen and oxygen atoms in total. The van der Waals surface area contributed by atoms with Gasteiger partial charge in [-0.25, -0.2) is 4.79 Å². The topological polar surface area (TPSA) is 112 Å². The van der Waals surface area contributed by atoms with E-state index < -0.39 is 17.9 Å². The number of nitriles is 1. The third kappa shape index (κ3) is 5.07. The number of rotatable bonds is 5. The van der Waals surface area contributed by atoms with Gasteiger partial charge in [0.05, 0.1) is 30.8 Å². The molecule has 1 aromatic heterocycles. The van der Waals surface area contributed by atoms with Crippen LogP contribution in [0.1, 0.15) is 36.2 Å². The summed E-state index contributed by atoms with van der Waals surface area (Å²) in [7, 11) is 1.29. The first kappa shape index (κ1) is 22.0. The summed E-state index contributed by atoms with van der Waals surface area (Å²) in [6.07, 6.45) is 5.01. The van der Waals surface area contributed by atoms with Crippen molar-refractivity contribution in [2.24, 2.45) is 5.41 Å². The van der Waals surface area contributed by atoms with Crippen molar-refractivity contribution in [2.45, 2.75) is 26.3 Å². The van der Waals surface area contributed by atoms with Gasteiger partial charge in [-0.05, 0) is 41.7 Å². The number of nitrogens with one attached hydrogen (secondary N) is 1. The van der Waals surface area contributed by atoms with E-state index in [0.717, 1.165) is 0 Å². The monoisotopic (exact) mass is 420 g/mol. The first-order chi connectivity index (χ1) is 14.7. The summed E-state index contributed by atoms with van der Waals surface area (Å²) in [6.45, 7) is 4.31. The molecule has 1 aromatic carbocycles. The van der Waals surface area contributed by atoms with Gasteiger partial charge >= 0.3 is 5.97 Å². The van der Waals surface area contributed by atoms with Gasteiger partial charge in [0.25, 0.3) is 5.91 Å². The Morgan fingerprint density at radius 2 is 2.13 bits per heavy atom. The Morgan fingerprint density at radius 1 is 1.35 bits per heavy atom. The lowest BCUT2D eigenvalue weighted by molar-refractivity contribution is -0.134. The molecule has 2 aromatic rings. The largest absolute Gasteiger partial charge is 0.466 e. The highest BCUT2D eigenvalue weighted by Crippen LogP contribution is 2.33. The van der Waals surface area contributed by atoms with E-state index in [9.17, 15) is 19.6 Å². The average molecular weight is 420 g/mol. The smallest absolute Gasteiger partial charge is 0.330 e. The lowest BCUT2D eigenvalue weighted by Gasteiger charge is -2.21. The molecule has 0 radical (unpaired) electrons. The van der Waals surface area contributed by atoms with Crippen molar-refractivity contribution < 1.29 is 19.1 Å². The van der Waals surface area contributed by atoms with Gasteiger partial charge in [-0.1, -0.05) is 19.9 Å². The molecule has 1 unspecified atom stereocenters. The highest BCUT2D eigenvalue weighted by atomic mass is 16.5. The number of pyridine rings is 1. The standard InChI is InChI=1S/C23H24N4O4/c1-23(2)11-16(12-24)27(14-23)20(28)13-26-22(30)17-8-9-25-19-6-4-15(10-18(17)19)5-7-21(29)31-3/h4-10,16H,11,13-14H2,1-3H3,(H,26,30)/b7-5+. The molecule has 2 amide bonds. The van der Waals surface area contributed by atoms with Crippen LogP contribution in [0.4, 0.5) is 0 Å². The van der Waals surface area contributed by atoms with Gasteiger partial charge < -0.3 is 15.0 Å². The summed E-state index contributed by atoms with van der Waals surface area (Å²) < 4.78 is 4.59. The van der Waals surface area contributed by atoms with Crippen LogP contribution in [0, 0.1) is 16.7 Å². The number of esters is 1. The number of aromatic nitrogens is 1. The fourth-order valence-electron chi connectivity index (χ4n) is 3.70. The summed E-state index contributed by atoms with van der Waals surface area (Å²) in [5, 5.41) is 12.6. The maximum absolute atomic E-state index is 12.8. The molecule has 1 atom stereocenters. The number of nitrogens with zero attached hydrogens (tertiary/aromatic N) is 3. The van der Waals surface area contributed by atoms with Gasteiger partial charge in [0.15, 0.2) is 0 Å². The molecule has 2 heterocycles. The van der Waals surface area contributed by atoms with Crippen LogP contribution in [-0.2, 0) is 14.3 Å². The molecule has 3 rings (SSSR count). The fourth-order valence-corrected chi connectivity index (χ4v) is 3.70. The van der Waals surface area contributed by atoms with Crippen LogP contribution < -0.4 is 5.32 Å². The molecule has 0 spiro atoms. The van der Waals surface area contributed by atoms with Crippen LogP contribution in [0.25, 0.3) is 17.0 Å². The zero-order valence-electron chi connectivity index (χ0n) is 17.7. The van der Waals surface area contributed by atoms with Crippen LogP contribution >= 0.6 is 0 Å². The van der Waals surface area contributed by atoms with Crippen molar-refractivity contribution in [3.8, 4) is 6.07 Å². The molecule has 160 valence electrons. The second-order valence-electron chi connectivity index (χ2n) is 8.21. The van der Waals surface area contributed by atoms with Crippen LogP contribution in [-0.4, -0.2) is 53.9 Å².